The van der Waals surface area contributed by atoms with Crippen LogP contribution in [0.15, 0.2) is 0 Å². The van der Waals surface area contributed by atoms with Gasteiger partial charge in [-0.1, -0.05) is 13.3 Å². The summed E-state index contributed by atoms with van der Waals surface area (Å²) in [5.41, 5.74) is -1.80. The molecule has 0 aliphatic rings. The molecule has 4 nitrogen and oxygen atoms in total. The normalized spacial score (nSPS) is 11.5. The molecule has 0 aromatic carbocycles. The van der Waals surface area contributed by atoms with E-state index in [1.807, 2.05) is 13.0 Å². The third kappa shape index (κ3) is 1.96. The summed E-state index contributed by atoms with van der Waals surface area (Å²) in [5.74, 6) is -0.822. The van der Waals surface area contributed by atoms with Gasteiger partial charge in [0.1, 0.15) is 18.2 Å². The molecule has 0 N–H and O–H groups in total. The topological polar surface area (TPSA) is 95.2 Å². The van der Waals surface area contributed by atoms with E-state index in [1.54, 1.807) is 18.2 Å². The van der Waals surface area contributed by atoms with Crippen molar-refractivity contribution in [3.8, 4) is 24.3 Å². The average Bonchev–Trinajstić information content (AvgIpc) is 2.19. The van der Waals surface area contributed by atoms with Crippen LogP contribution < -0.4 is 0 Å². The number of hydrogen-bond donors (Lipinski definition) is 0. The van der Waals surface area contributed by atoms with E-state index in [1.165, 1.54) is 0 Å². The average molecular weight is 172 g/mol. The van der Waals surface area contributed by atoms with Crippen LogP contribution in [-0.4, -0.2) is 0 Å². The lowest BCUT2D eigenvalue weighted by Crippen LogP contribution is -2.24. The van der Waals surface area contributed by atoms with E-state index in [9.17, 15) is 0 Å². The summed E-state index contributed by atoms with van der Waals surface area (Å²) in [6, 6.07) is 6.65. The van der Waals surface area contributed by atoms with Crippen molar-refractivity contribution in [3.05, 3.63) is 0 Å². The summed E-state index contributed by atoms with van der Waals surface area (Å²) >= 11 is 0. The molecule has 1 atom stereocenters. The first kappa shape index (κ1) is 11.0. The fourth-order valence-corrected chi connectivity index (χ4v) is 0.975. The van der Waals surface area contributed by atoms with Gasteiger partial charge in [0, 0.05) is 0 Å². The fraction of sp³-hybridized carbons (Fsp3) is 0.556. The maximum Gasteiger partial charge on any atom is 0.244 e. The van der Waals surface area contributed by atoms with Crippen LogP contribution in [0.5, 0.6) is 0 Å². The molecule has 4 heteroatoms. The van der Waals surface area contributed by atoms with Gasteiger partial charge in [0.2, 0.25) is 5.41 Å². The Balaban J connectivity index is 5.00. The summed E-state index contributed by atoms with van der Waals surface area (Å²) in [7, 11) is 0. The largest absolute Gasteiger partial charge is 0.244 e. The van der Waals surface area contributed by atoms with Gasteiger partial charge in [-0.2, -0.15) is 21.0 Å². The van der Waals surface area contributed by atoms with Crippen molar-refractivity contribution in [3.63, 3.8) is 0 Å². The number of nitrogens with zero attached hydrogens (tertiary/aromatic N) is 4. The molecule has 0 aromatic rings. The Kier molecular flexibility index (Phi) is 4.01. The van der Waals surface area contributed by atoms with Crippen LogP contribution in [0.2, 0.25) is 0 Å². The molecule has 0 saturated heterocycles. The highest BCUT2D eigenvalue weighted by Gasteiger charge is 2.39. The Hall–Kier alpha value is -2.04. The smallest absolute Gasteiger partial charge is 0.198 e. The maximum atomic E-state index is 8.68. The molecule has 1 unspecified atom stereocenters. The first-order valence-corrected chi connectivity index (χ1v) is 3.84. The highest BCUT2D eigenvalue weighted by molar-refractivity contribution is 5.30. The van der Waals surface area contributed by atoms with E-state index in [4.69, 9.17) is 21.0 Å². The first-order valence-electron chi connectivity index (χ1n) is 3.84. The van der Waals surface area contributed by atoms with Crippen molar-refractivity contribution in [2.24, 2.45) is 11.3 Å². The summed E-state index contributed by atoms with van der Waals surface area (Å²) in [5, 5.41) is 34.7. The van der Waals surface area contributed by atoms with Gasteiger partial charge in [-0.15, -0.1) is 0 Å². The molecule has 0 saturated carbocycles. The highest BCUT2D eigenvalue weighted by atomic mass is 14.5. The minimum atomic E-state index is -1.80. The van der Waals surface area contributed by atoms with Gasteiger partial charge in [0.25, 0.3) is 0 Å². The Bertz CT molecular complexity index is 295. The lowest BCUT2D eigenvalue weighted by Gasteiger charge is -2.14. The number of nitriles is 4. The van der Waals surface area contributed by atoms with Crippen molar-refractivity contribution in [1.82, 2.24) is 0 Å². The molecule has 0 spiro atoms. The van der Waals surface area contributed by atoms with Gasteiger partial charge in [-0.3, -0.25) is 0 Å². The molecule has 0 radical (unpaired) electrons. The van der Waals surface area contributed by atoms with Crippen LogP contribution in [0.1, 0.15) is 19.8 Å². The van der Waals surface area contributed by atoms with Crippen LogP contribution in [-0.2, 0) is 0 Å². The lowest BCUT2D eigenvalue weighted by molar-refractivity contribution is 0.451. The highest BCUT2D eigenvalue weighted by Crippen LogP contribution is 2.28. The maximum absolute atomic E-state index is 8.68. The Morgan fingerprint density at radius 1 is 1.08 bits per heavy atom. The van der Waals surface area contributed by atoms with Gasteiger partial charge in [0.05, 0.1) is 12.0 Å². The van der Waals surface area contributed by atoms with Crippen LogP contribution in [0.3, 0.4) is 0 Å². The predicted octanol–water partition coefficient (Wildman–Crippen LogP) is 1.48. The molecular weight excluding hydrogens is 164 g/mol. The van der Waals surface area contributed by atoms with Crippen molar-refractivity contribution in [1.29, 1.82) is 21.0 Å². The summed E-state index contributed by atoms with van der Waals surface area (Å²) in [6.45, 7) is 1.83. The van der Waals surface area contributed by atoms with E-state index in [2.05, 4.69) is 0 Å². The van der Waals surface area contributed by atoms with Crippen molar-refractivity contribution >= 4 is 0 Å². The Morgan fingerprint density at radius 2 is 1.54 bits per heavy atom. The van der Waals surface area contributed by atoms with Crippen LogP contribution in [0.4, 0.5) is 0 Å². The SMILES string of the molecule is CCCC(C#N)C(C#N)(C#N)C#N. The zero-order valence-electron chi connectivity index (χ0n) is 7.28. The molecule has 13 heavy (non-hydrogen) atoms. The van der Waals surface area contributed by atoms with E-state index >= 15 is 0 Å². The van der Waals surface area contributed by atoms with E-state index in [-0.39, 0.29) is 0 Å². The van der Waals surface area contributed by atoms with Gasteiger partial charge in [0.15, 0.2) is 0 Å². The molecule has 0 heterocycles. The van der Waals surface area contributed by atoms with Crippen LogP contribution in [0.25, 0.3) is 0 Å². The quantitative estimate of drug-likeness (QED) is 0.644. The predicted molar refractivity (Wildman–Crippen MR) is 43.3 cm³/mol. The number of hydrogen-bond acceptors (Lipinski definition) is 4. The molecule has 64 valence electrons. The second-order valence-corrected chi connectivity index (χ2v) is 2.61. The molecular formula is C9H8N4. The first-order chi connectivity index (χ1) is 6.20. The van der Waals surface area contributed by atoms with Crippen LogP contribution in [0, 0.1) is 56.7 Å². The monoisotopic (exact) mass is 172 g/mol. The Labute approximate surface area is 77.2 Å². The lowest BCUT2D eigenvalue weighted by atomic mass is 9.77. The molecule has 0 amide bonds. The molecule has 0 bridgehead atoms. The van der Waals surface area contributed by atoms with E-state index in [0.29, 0.717) is 12.8 Å². The third-order valence-corrected chi connectivity index (χ3v) is 1.78. The van der Waals surface area contributed by atoms with Gasteiger partial charge < -0.3 is 0 Å². The van der Waals surface area contributed by atoms with Crippen LogP contribution >= 0.6 is 0 Å². The molecule has 0 aliphatic heterocycles. The Morgan fingerprint density at radius 3 is 1.77 bits per heavy atom. The molecule has 0 aromatic heterocycles. The van der Waals surface area contributed by atoms with Gasteiger partial charge in [-0.05, 0) is 6.42 Å². The molecule has 0 rings (SSSR count). The second kappa shape index (κ2) is 4.76. The zero-order chi connectivity index (χ0) is 10.3. The number of rotatable bonds is 3. The van der Waals surface area contributed by atoms with E-state index in [0.717, 1.165) is 0 Å². The zero-order valence-corrected chi connectivity index (χ0v) is 7.28. The molecule has 0 fully saturated rings. The summed E-state index contributed by atoms with van der Waals surface area (Å²) in [4.78, 5) is 0. The third-order valence-electron chi connectivity index (χ3n) is 1.78. The molecule has 0 aliphatic carbocycles. The van der Waals surface area contributed by atoms with Gasteiger partial charge in [-0.25, -0.2) is 0 Å². The fourth-order valence-electron chi connectivity index (χ4n) is 0.975. The van der Waals surface area contributed by atoms with E-state index < -0.39 is 11.3 Å². The summed E-state index contributed by atoms with van der Waals surface area (Å²) in [6.07, 6.45) is 1.07. The van der Waals surface area contributed by atoms with Crippen molar-refractivity contribution < 1.29 is 0 Å². The summed E-state index contributed by atoms with van der Waals surface area (Å²) < 4.78 is 0. The minimum absolute atomic E-state index is 0.394. The standard InChI is InChI=1S/C9H8N4/c1-2-3-8(4-10)9(5-11,6-12)7-13/h8H,2-3H2,1H3. The van der Waals surface area contributed by atoms with Crippen molar-refractivity contribution in [2.75, 3.05) is 0 Å². The van der Waals surface area contributed by atoms with Gasteiger partial charge >= 0.3 is 0 Å². The second-order valence-electron chi connectivity index (χ2n) is 2.61. The minimum Gasteiger partial charge on any atom is -0.198 e. The van der Waals surface area contributed by atoms with Crippen molar-refractivity contribution in [2.45, 2.75) is 19.8 Å².